The highest BCUT2D eigenvalue weighted by molar-refractivity contribution is 6.23. The number of carbonyl (C=O) groups is 4. The number of nitrogens with one attached hydrogen (secondary N) is 1. The number of amides is 4. The second kappa shape index (κ2) is 17.4. The molecule has 4 heterocycles. The lowest BCUT2D eigenvalue weighted by molar-refractivity contribution is -0.136. The van der Waals surface area contributed by atoms with Crippen molar-refractivity contribution in [1.29, 1.82) is 0 Å². The molecule has 0 aliphatic carbocycles. The third-order valence-corrected chi connectivity index (χ3v) is 12.3. The molecule has 1 radical (unpaired) electrons. The molecule has 4 aromatic rings. The van der Waals surface area contributed by atoms with Gasteiger partial charge in [0.1, 0.15) is 11.8 Å². The van der Waals surface area contributed by atoms with E-state index in [9.17, 15) is 19.2 Å². The van der Waals surface area contributed by atoms with Crippen LogP contribution in [0, 0.1) is 5.92 Å². The molecule has 0 spiro atoms. The summed E-state index contributed by atoms with van der Waals surface area (Å²) in [5.74, 6) is -0.704. The van der Waals surface area contributed by atoms with Gasteiger partial charge in [-0.05, 0) is 115 Å². The standard InChI is InChI=1S/C46H49BN5O6/c1-2-38(32-6-4-3-5-7-32)43(34-10-15-37(16-11-34)58-47-57)33-8-12-35(13-9-33)51-28-26-49(27-29-51)23-20-31-21-24-50(25-22-31)36-14-17-39-40(30-36)46(56)52(45(39)55)41-18-19-42(53)48-44(41)54/h3-17,30-31,41,57H,2,18-29H2,1H3,(H,48,53,54)/b43-38+. The number of hydrogen-bond acceptors (Lipinski definition) is 9. The van der Waals surface area contributed by atoms with E-state index in [0.717, 1.165) is 93.2 Å². The van der Waals surface area contributed by atoms with Crippen molar-refractivity contribution in [1.82, 2.24) is 15.1 Å². The molecule has 4 aliphatic heterocycles. The lowest BCUT2D eigenvalue weighted by atomic mass is 9.88. The van der Waals surface area contributed by atoms with Crippen LogP contribution in [0.25, 0.3) is 11.1 Å². The first-order valence-corrected chi connectivity index (χ1v) is 20.5. The van der Waals surface area contributed by atoms with Gasteiger partial charge in [0.15, 0.2) is 0 Å². The Morgan fingerprint density at radius 3 is 2.02 bits per heavy atom. The topological polar surface area (TPSA) is 123 Å². The van der Waals surface area contributed by atoms with Crippen molar-refractivity contribution in [2.45, 2.75) is 51.5 Å². The van der Waals surface area contributed by atoms with Gasteiger partial charge in [-0.25, -0.2) is 0 Å². The Bertz CT molecular complexity index is 2180. The Morgan fingerprint density at radius 1 is 0.724 bits per heavy atom. The number of rotatable bonds is 12. The van der Waals surface area contributed by atoms with E-state index in [1.54, 1.807) is 12.1 Å². The SMILES string of the molecule is CC/C(=C(\c1ccc(O[B]O)cc1)c1ccc(N2CCN(CCC3CCN(c4ccc5c(c4)C(=O)N(C4CCC(=O)NC4=O)C5=O)CC3)CC2)cc1)c1ccccc1. The summed E-state index contributed by atoms with van der Waals surface area (Å²) in [5.41, 5.74) is 8.71. The largest absolute Gasteiger partial charge is 0.569 e. The highest BCUT2D eigenvalue weighted by Gasteiger charge is 2.45. The average molecular weight is 779 g/mol. The van der Waals surface area contributed by atoms with Gasteiger partial charge >= 0.3 is 7.69 Å². The molecule has 1 unspecified atom stereocenters. The number of imide groups is 2. The molecule has 0 bridgehead atoms. The molecule has 4 aliphatic rings. The zero-order valence-electron chi connectivity index (χ0n) is 32.9. The van der Waals surface area contributed by atoms with Crippen LogP contribution in [0.4, 0.5) is 11.4 Å². The van der Waals surface area contributed by atoms with Gasteiger partial charge in [-0.2, -0.15) is 0 Å². The fourth-order valence-corrected chi connectivity index (χ4v) is 9.01. The minimum absolute atomic E-state index is 0.103. The summed E-state index contributed by atoms with van der Waals surface area (Å²) in [6.07, 6.45) is 4.42. The van der Waals surface area contributed by atoms with E-state index in [2.05, 4.69) is 75.5 Å². The Morgan fingerprint density at radius 2 is 1.36 bits per heavy atom. The Labute approximate surface area is 340 Å². The van der Waals surface area contributed by atoms with Gasteiger partial charge in [-0.3, -0.25) is 34.3 Å². The number of fused-ring (bicyclic) bond motifs is 1. The normalized spacial score (nSPS) is 19.6. The summed E-state index contributed by atoms with van der Waals surface area (Å²) in [4.78, 5) is 59.0. The lowest BCUT2D eigenvalue weighted by Crippen LogP contribution is -2.54. The van der Waals surface area contributed by atoms with E-state index in [4.69, 9.17) is 9.68 Å². The van der Waals surface area contributed by atoms with Gasteiger partial charge in [0.05, 0.1) is 11.1 Å². The number of allylic oxidation sites excluding steroid dienone is 1. The predicted octanol–water partition coefficient (Wildman–Crippen LogP) is 5.79. The Balaban J connectivity index is 0.837. The number of piperidine rings is 2. The maximum absolute atomic E-state index is 13.3. The van der Waals surface area contributed by atoms with Crippen molar-refractivity contribution in [2.75, 3.05) is 55.6 Å². The molecule has 58 heavy (non-hydrogen) atoms. The lowest BCUT2D eigenvalue weighted by Gasteiger charge is -2.38. The summed E-state index contributed by atoms with van der Waals surface area (Å²) in [6, 6.07) is 31.8. The molecule has 297 valence electrons. The van der Waals surface area contributed by atoms with Gasteiger partial charge in [-0.15, -0.1) is 0 Å². The molecular weight excluding hydrogens is 729 g/mol. The maximum atomic E-state index is 13.3. The number of carbonyl (C=O) groups excluding carboxylic acids is 4. The molecule has 8 rings (SSSR count). The van der Waals surface area contributed by atoms with Gasteiger partial charge in [0, 0.05) is 57.1 Å². The van der Waals surface area contributed by atoms with Crippen LogP contribution in [0.5, 0.6) is 5.75 Å². The predicted molar refractivity (Wildman–Crippen MR) is 225 cm³/mol. The molecule has 0 saturated carbocycles. The van der Waals surface area contributed by atoms with Crippen LogP contribution >= 0.6 is 0 Å². The molecule has 3 fully saturated rings. The van der Waals surface area contributed by atoms with Crippen LogP contribution in [0.2, 0.25) is 0 Å². The van der Waals surface area contributed by atoms with E-state index < -0.39 is 23.8 Å². The average Bonchev–Trinajstić information content (AvgIpc) is 3.51. The van der Waals surface area contributed by atoms with Crippen LogP contribution in [0.15, 0.2) is 97.1 Å². The van der Waals surface area contributed by atoms with Crippen molar-refractivity contribution in [2.24, 2.45) is 5.92 Å². The summed E-state index contributed by atoms with van der Waals surface area (Å²) >= 11 is 0. The second-order valence-electron chi connectivity index (χ2n) is 15.6. The highest BCUT2D eigenvalue weighted by atomic mass is 16.5. The quantitative estimate of drug-likeness (QED) is 0.105. The van der Waals surface area contributed by atoms with Gasteiger partial charge in [0.25, 0.3) is 11.8 Å². The summed E-state index contributed by atoms with van der Waals surface area (Å²) in [7, 11) is 0.703. The molecule has 1 atom stereocenters. The van der Waals surface area contributed by atoms with Crippen LogP contribution < -0.4 is 19.8 Å². The molecular formula is C46H49BN5O6. The first-order valence-electron chi connectivity index (χ1n) is 20.5. The molecule has 3 saturated heterocycles. The number of hydrogen-bond donors (Lipinski definition) is 2. The molecule has 4 aromatic carbocycles. The van der Waals surface area contributed by atoms with E-state index >= 15 is 0 Å². The van der Waals surface area contributed by atoms with E-state index in [1.807, 2.05) is 36.4 Å². The van der Waals surface area contributed by atoms with Crippen LogP contribution in [-0.2, 0) is 9.59 Å². The van der Waals surface area contributed by atoms with Gasteiger partial charge in [0.2, 0.25) is 11.8 Å². The zero-order chi connectivity index (χ0) is 40.2. The van der Waals surface area contributed by atoms with Crippen LogP contribution in [-0.4, -0.2) is 98.0 Å². The smallest absolute Gasteiger partial charge is 0.537 e. The highest BCUT2D eigenvalue weighted by Crippen LogP contribution is 2.37. The van der Waals surface area contributed by atoms with Gasteiger partial charge < -0.3 is 19.5 Å². The van der Waals surface area contributed by atoms with Crippen molar-refractivity contribution in [3.8, 4) is 5.75 Å². The minimum atomic E-state index is -0.959. The van der Waals surface area contributed by atoms with Crippen molar-refractivity contribution < 1.29 is 28.9 Å². The van der Waals surface area contributed by atoms with Gasteiger partial charge in [-0.1, -0.05) is 61.5 Å². The second-order valence-corrected chi connectivity index (χ2v) is 15.6. The van der Waals surface area contributed by atoms with Crippen LogP contribution in [0.3, 0.4) is 0 Å². The number of anilines is 2. The summed E-state index contributed by atoms with van der Waals surface area (Å²) in [6.45, 7) is 9.06. The number of nitrogens with zero attached hydrogens (tertiary/aromatic N) is 4. The van der Waals surface area contributed by atoms with Crippen molar-refractivity contribution in [3.05, 3.63) is 125 Å². The first-order chi connectivity index (χ1) is 28.3. The third-order valence-electron chi connectivity index (χ3n) is 12.3. The van der Waals surface area contributed by atoms with E-state index in [0.29, 0.717) is 30.5 Å². The monoisotopic (exact) mass is 778 g/mol. The fourth-order valence-electron chi connectivity index (χ4n) is 9.01. The fraction of sp³-hybridized carbons (Fsp3) is 0.348. The van der Waals surface area contributed by atoms with E-state index in [1.165, 1.54) is 22.4 Å². The Hall–Kier alpha value is -5.72. The summed E-state index contributed by atoms with van der Waals surface area (Å²) < 4.78 is 5.18. The van der Waals surface area contributed by atoms with Crippen LogP contribution in [0.1, 0.15) is 82.9 Å². The molecule has 11 nitrogen and oxygen atoms in total. The maximum Gasteiger partial charge on any atom is 0.569 e. The van der Waals surface area contributed by atoms with Crippen molar-refractivity contribution in [3.63, 3.8) is 0 Å². The molecule has 2 N–H and O–H groups in total. The number of benzene rings is 4. The molecule has 4 amide bonds. The minimum Gasteiger partial charge on any atom is -0.537 e. The molecule has 0 aromatic heterocycles. The first kappa shape index (κ1) is 39.1. The Kier molecular flexibility index (Phi) is 11.7. The number of piperazine rings is 1. The molecule has 12 heteroatoms. The van der Waals surface area contributed by atoms with Crippen molar-refractivity contribution >= 4 is 53.8 Å². The van der Waals surface area contributed by atoms with E-state index in [-0.39, 0.29) is 18.7 Å². The third kappa shape index (κ3) is 8.17. The summed E-state index contributed by atoms with van der Waals surface area (Å²) in [5, 5.41) is 11.4. The zero-order valence-corrected chi connectivity index (χ0v) is 32.9.